The number of alkyl halides is 1. The zero-order valence-electron chi connectivity index (χ0n) is 9.11. The minimum absolute atomic E-state index is 0.0707. The lowest BCUT2D eigenvalue weighted by molar-refractivity contribution is -0.386. The van der Waals surface area contributed by atoms with Crippen LogP contribution in [-0.4, -0.2) is 16.9 Å². The van der Waals surface area contributed by atoms with Crippen LogP contribution in [0.15, 0.2) is 18.2 Å². The van der Waals surface area contributed by atoms with E-state index in [0.717, 1.165) is 18.2 Å². The lowest BCUT2D eigenvalue weighted by Gasteiger charge is -2.07. The third-order valence-electron chi connectivity index (χ3n) is 2.17. The lowest BCUT2D eigenvalue weighted by Crippen LogP contribution is -2.02. The van der Waals surface area contributed by atoms with Crippen LogP contribution < -0.4 is 4.74 Å². The molecular weight excluding hydrogens is 274 g/mol. The number of nitro groups is 1. The van der Waals surface area contributed by atoms with Crippen LogP contribution in [0.25, 0.3) is 0 Å². The highest BCUT2D eigenvalue weighted by Crippen LogP contribution is 2.30. The Morgan fingerprint density at radius 3 is 2.81 bits per heavy atom. The first-order valence-electron chi connectivity index (χ1n) is 5.09. The third kappa shape index (κ3) is 3.48. The molecule has 0 saturated carbocycles. The SMILES string of the molecule is Cc1cccc(OCCCCBr)c1[N+](=O)[O-]. The Bertz CT molecular complexity index is 368. The first-order valence-corrected chi connectivity index (χ1v) is 6.21. The second kappa shape index (κ2) is 6.48. The van der Waals surface area contributed by atoms with Crippen molar-refractivity contribution in [1.82, 2.24) is 0 Å². The van der Waals surface area contributed by atoms with Gasteiger partial charge in [-0.2, -0.15) is 0 Å². The van der Waals surface area contributed by atoms with Crippen LogP contribution in [0, 0.1) is 17.0 Å². The summed E-state index contributed by atoms with van der Waals surface area (Å²) in [6.07, 6.45) is 1.88. The predicted octanol–water partition coefficient (Wildman–Crippen LogP) is 3.46. The van der Waals surface area contributed by atoms with Gasteiger partial charge in [-0.25, -0.2) is 0 Å². The Morgan fingerprint density at radius 2 is 2.19 bits per heavy atom. The van der Waals surface area contributed by atoms with Crippen molar-refractivity contribution in [2.24, 2.45) is 0 Å². The molecule has 0 saturated heterocycles. The average molecular weight is 288 g/mol. The van der Waals surface area contributed by atoms with Gasteiger partial charge < -0.3 is 4.74 Å². The summed E-state index contributed by atoms with van der Waals surface area (Å²) in [7, 11) is 0. The van der Waals surface area contributed by atoms with E-state index in [2.05, 4.69) is 15.9 Å². The number of ether oxygens (including phenoxy) is 1. The fraction of sp³-hybridized carbons (Fsp3) is 0.455. The standard InChI is InChI=1S/C11H14BrNO3/c1-9-5-4-6-10(11(9)13(14)15)16-8-3-2-7-12/h4-6H,2-3,7-8H2,1H3. The number of halogens is 1. The van der Waals surface area contributed by atoms with Crippen molar-refractivity contribution in [2.45, 2.75) is 19.8 Å². The molecule has 0 heterocycles. The normalized spacial score (nSPS) is 10.1. The summed E-state index contributed by atoms with van der Waals surface area (Å²) in [5.41, 5.74) is 0.698. The van der Waals surface area contributed by atoms with Crippen molar-refractivity contribution in [1.29, 1.82) is 0 Å². The van der Waals surface area contributed by atoms with Crippen LogP contribution in [0.4, 0.5) is 5.69 Å². The molecule has 0 aliphatic rings. The zero-order chi connectivity index (χ0) is 12.0. The van der Waals surface area contributed by atoms with E-state index in [-0.39, 0.29) is 5.69 Å². The van der Waals surface area contributed by atoms with E-state index in [1.807, 2.05) is 0 Å². The van der Waals surface area contributed by atoms with Gasteiger partial charge in [0.05, 0.1) is 11.5 Å². The van der Waals surface area contributed by atoms with Crippen LogP contribution in [0.3, 0.4) is 0 Å². The summed E-state index contributed by atoms with van der Waals surface area (Å²) < 4.78 is 5.42. The Morgan fingerprint density at radius 1 is 1.44 bits per heavy atom. The maximum absolute atomic E-state index is 10.8. The van der Waals surface area contributed by atoms with E-state index < -0.39 is 4.92 Å². The smallest absolute Gasteiger partial charge is 0.313 e. The molecule has 0 amide bonds. The highest BCUT2D eigenvalue weighted by atomic mass is 79.9. The highest BCUT2D eigenvalue weighted by Gasteiger charge is 2.17. The molecule has 1 aromatic carbocycles. The topological polar surface area (TPSA) is 52.4 Å². The summed E-state index contributed by atoms with van der Waals surface area (Å²) in [6, 6.07) is 5.12. The Balaban J connectivity index is 2.71. The summed E-state index contributed by atoms with van der Waals surface area (Å²) in [4.78, 5) is 10.5. The number of rotatable bonds is 6. The highest BCUT2D eigenvalue weighted by molar-refractivity contribution is 9.09. The molecule has 0 aliphatic carbocycles. The first-order chi connectivity index (χ1) is 7.66. The number of unbranched alkanes of at least 4 members (excludes halogenated alkanes) is 1. The maximum atomic E-state index is 10.8. The number of nitro benzene ring substituents is 1. The molecule has 0 unspecified atom stereocenters. The van der Waals surface area contributed by atoms with Crippen molar-refractivity contribution in [3.8, 4) is 5.75 Å². The predicted molar refractivity (Wildman–Crippen MR) is 66.4 cm³/mol. The molecule has 88 valence electrons. The number of nitrogens with zero attached hydrogens (tertiary/aromatic N) is 1. The molecule has 0 spiro atoms. The summed E-state index contributed by atoms with van der Waals surface area (Å²) in [5, 5.41) is 11.8. The van der Waals surface area contributed by atoms with Crippen molar-refractivity contribution in [2.75, 3.05) is 11.9 Å². The molecule has 0 bridgehead atoms. The first kappa shape index (κ1) is 13.0. The summed E-state index contributed by atoms with van der Waals surface area (Å²) in [6.45, 7) is 2.22. The van der Waals surface area contributed by atoms with E-state index in [0.29, 0.717) is 17.9 Å². The third-order valence-corrected chi connectivity index (χ3v) is 2.73. The molecule has 0 aliphatic heterocycles. The fourth-order valence-corrected chi connectivity index (χ4v) is 1.76. The van der Waals surface area contributed by atoms with Crippen LogP contribution in [0.5, 0.6) is 5.75 Å². The molecule has 16 heavy (non-hydrogen) atoms. The zero-order valence-corrected chi connectivity index (χ0v) is 10.7. The summed E-state index contributed by atoms with van der Waals surface area (Å²) in [5.74, 6) is 0.361. The van der Waals surface area contributed by atoms with Gasteiger partial charge in [0.15, 0.2) is 5.75 Å². The lowest BCUT2D eigenvalue weighted by atomic mass is 10.2. The number of benzene rings is 1. The maximum Gasteiger partial charge on any atom is 0.313 e. The van der Waals surface area contributed by atoms with Crippen LogP contribution in [-0.2, 0) is 0 Å². The van der Waals surface area contributed by atoms with Gasteiger partial charge in [-0.05, 0) is 25.8 Å². The molecule has 0 fully saturated rings. The number of hydrogen-bond donors (Lipinski definition) is 0. The van der Waals surface area contributed by atoms with Crippen LogP contribution in [0.2, 0.25) is 0 Å². The van der Waals surface area contributed by atoms with Crippen molar-refractivity contribution < 1.29 is 9.66 Å². The minimum Gasteiger partial charge on any atom is -0.487 e. The quantitative estimate of drug-likeness (QED) is 0.348. The van der Waals surface area contributed by atoms with E-state index >= 15 is 0 Å². The molecule has 1 rings (SSSR count). The largest absolute Gasteiger partial charge is 0.487 e. The van der Waals surface area contributed by atoms with Gasteiger partial charge in [-0.1, -0.05) is 28.1 Å². The molecule has 1 aromatic rings. The van der Waals surface area contributed by atoms with Gasteiger partial charge in [-0.15, -0.1) is 0 Å². The number of para-hydroxylation sites is 1. The second-order valence-corrected chi connectivity index (χ2v) is 4.22. The second-order valence-electron chi connectivity index (χ2n) is 3.42. The molecule has 0 aromatic heterocycles. The van der Waals surface area contributed by atoms with Gasteiger partial charge in [0, 0.05) is 10.9 Å². The van der Waals surface area contributed by atoms with E-state index in [1.165, 1.54) is 0 Å². The van der Waals surface area contributed by atoms with E-state index in [9.17, 15) is 10.1 Å². The minimum atomic E-state index is -0.394. The van der Waals surface area contributed by atoms with Crippen LogP contribution in [0.1, 0.15) is 18.4 Å². The average Bonchev–Trinajstić information content (AvgIpc) is 2.24. The van der Waals surface area contributed by atoms with Gasteiger partial charge in [0.2, 0.25) is 0 Å². The Kier molecular flexibility index (Phi) is 5.25. The summed E-state index contributed by atoms with van der Waals surface area (Å²) >= 11 is 3.32. The molecule has 0 N–H and O–H groups in total. The Hall–Kier alpha value is -1.10. The number of aryl methyl sites for hydroxylation is 1. The van der Waals surface area contributed by atoms with Crippen LogP contribution >= 0.6 is 15.9 Å². The Labute approximate surface area is 103 Å². The fourth-order valence-electron chi connectivity index (χ4n) is 1.36. The van der Waals surface area contributed by atoms with Gasteiger partial charge >= 0.3 is 5.69 Å². The van der Waals surface area contributed by atoms with Gasteiger partial charge in [0.1, 0.15) is 0 Å². The number of hydrogen-bond acceptors (Lipinski definition) is 3. The molecule has 4 nitrogen and oxygen atoms in total. The van der Waals surface area contributed by atoms with Crippen molar-refractivity contribution >= 4 is 21.6 Å². The molecule has 0 atom stereocenters. The molecule has 5 heteroatoms. The van der Waals surface area contributed by atoms with Crippen molar-refractivity contribution in [3.05, 3.63) is 33.9 Å². The van der Waals surface area contributed by atoms with Gasteiger partial charge in [-0.3, -0.25) is 10.1 Å². The monoisotopic (exact) mass is 287 g/mol. The van der Waals surface area contributed by atoms with E-state index in [1.54, 1.807) is 25.1 Å². The van der Waals surface area contributed by atoms with E-state index in [4.69, 9.17) is 4.74 Å². The van der Waals surface area contributed by atoms with Gasteiger partial charge in [0.25, 0.3) is 0 Å². The molecular formula is C11H14BrNO3. The van der Waals surface area contributed by atoms with Crippen molar-refractivity contribution in [3.63, 3.8) is 0 Å². The molecule has 0 radical (unpaired) electrons.